The van der Waals surface area contributed by atoms with Gasteiger partial charge < -0.3 is 20.1 Å². The van der Waals surface area contributed by atoms with Gasteiger partial charge in [-0.25, -0.2) is 4.79 Å². The van der Waals surface area contributed by atoms with Crippen LogP contribution in [0.2, 0.25) is 0 Å². The molecule has 0 atom stereocenters. The van der Waals surface area contributed by atoms with E-state index in [9.17, 15) is 4.79 Å². The quantitative estimate of drug-likeness (QED) is 0.884. The van der Waals surface area contributed by atoms with E-state index >= 15 is 0 Å². The summed E-state index contributed by atoms with van der Waals surface area (Å²) >= 11 is 0. The third-order valence-electron chi connectivity index (χ3n) is 4.15. The maximum atomic E-state index is 12.2. The molecule has 1 heterocycles. The highest BCUT2D eigenvalue weighted by Gasteiger charge is 2.33. The summed E-state index contributed by atoms with van der Waals surface area (Å²) in [6, 6.07) is 15.3. The van der Waals surface area contributed by atoms with Gasteiger partial charge in [-0.2, -0.15) is 0 Å². The second-order valence-electron chi connectivity index (χ2n) is 6.39. The maximum Gasteiger partial charge on any atom is 0.319 e. The monoisotopic (exact) mass is 326 g/mol. The van der Waals surface area contributed by atoms with Gasteiger partial charge in [-0.05, 0) is 23.8 Å². The lowest BCUT2D eigenvalue weighted by molar-refractivity contribution is -0.0974. The smallest absolute Gasteiger partial charge is 0.319 e. The van der Waals surface area contributed by atoms with Crippen LogP contribution in [-0.2, 0) is 4.74 Å². The van der Waals surface area contributed by atoms with Crippen LogP contribution in [0.25, 0.3) is 11.1 Å². The molecule has 5 heteroatoms. The average Bonchev–Trinajstić information content (AvgIpc) is 2.59. The van der Waals surface area contributed by atoms with Crippen molar-refractivity contribution in [1.82, 2.24) is 5.32 Å². The molecule has 0 spiro atoms. The van der Waals surface area contributed by atoms with Gasteiger partial charge in [0.15, 0.2) is 0 Å². The van der Waals surface area contributed by atoms with Crippen molar-refractivity contribution in [3.05, 3.63) is 48.5 Å². The van der Waals surface area contributed by atoms with E-state index in [0.29, 0.717) is 19.8 Å². The Balaban J connectivity index is 1.70. The average molecular weight is 326 g/mol. The van der Waals surface area contributed by atoms with Crippen LogP contribution in [0.1, 0.15) is 6.92 Å². The molecule has 0 aliphatic carbocycles. The number of anilines is 1. The molecule has 5 nitrogen and oxygen atoms in total. The third kappa shape index (κ3) is 3.68. The Kier molecular flexibility index (Phi) is 4.71. The second kappa shape index (κ2) is 6.93. The number of para-hydroxylation sites is 1. The van der Waals surface area contributed by atoms with Crippen LogP contribution in [-0.4, -0.2) is 32.9 Å². The van der Waals surface area contributed by atoms with Gasteiger partial charge >= 0.3 is 6.03 Å². The number of hydrogen-bond donors (Lipinski definition) is 2. The number of hydrogen-bond acceptors (Lipinski definition) is 3. The molecule has 0 saturated carbocycles. The van der Waals surface area contributed by atoms with E-state index in [4.69, 9.17) is 9.47 Å². The van der Waals surface area contributed by atoms with Gasteiger partial charge in [0.2, 0.25) is 0 Å². The molecule has 1 saturated heterocycles. The Bertz CT molecular complexity index is 709. The molecule has 0 aromatic heterocycles. The highest BCUT2D eigenvalue weighted by Crippen LogP contribution is 2.29. The first-order valence-electron chi connectivity index (χ1n) is 7.96. The summed E-state index contributed by atoms with van der Waals surface area (Å²) in [6.07, 6.45) is 0. The summed E-state index contributed by atoms with van der Waals surface area (Å²) in [4.78, 5) is 12.2. The van der Waals surface area contributed by atoms with Crippen LogP contribution >= 0.6 is 0 Å². The van der Waals surface area contributed by atoms with Crippen molar-refractivity contribution in [2.75, 3.05) is 32.2 Å². The highest BCUT2D eigenvalue weighted by molar-refractivity contribution is 5.94. The van der Waals surface area contributed by atoms with Crippen LogP contribution in [0.3, 0.4) is 0 Å². The van der Waals surface area contributed by atoms with Crippen molar-refractivity contribution in [1.29, 1.82) is 0 Å². The van der Waals surface area contributed by atoms with Gasteiger partial charge in [0, 0.05) is 17.5 Å². The molecular weight excluding hydrogens is 304 g/mol. The number of carbonyl (C=O) groups excluding carboxylic acids is 1. The van der Waals surface area contributed by atoms with E-state index in [2.05, 4.69) is 17.6 Å². The molecule has 2 N–H and O–H groups in total. The fourth-order valence-electron chi connectivity index (χ4n) is 2.63. The van der Waals surface area contributed by atoms with E-state index in [-0.39, 0.29) is 11.4 Å². The summed E-state index contributed by atoms with van der Waals surface area (Å²) in [7, 11) is 1.64. The Morgan fingerprint density at radius 2 is 1.88 bits per heavy atom. The van der Waals surface area contributed by atoms with E-state index in [1.165, 1.54) is 0 Å². The van der Waals surface area contributed by atoms with Crippen molar-refractivity contribution < 1.29 is 14.3 Å². The normalized spacial score (nSPS) is 15.2. The largest absolute Gasteiger partial charge is 0.497 e. The molecule has 1 fully saturated rings. The summed E-state index contributed by atoms with van der Waals surface area (Å²) in [5.74, 6) is 0.804. The van der Waals surface area contributed by atoms with Crippen molar-refractivity contribution in [2.24, 2.45) is 5.41 Å². The Morgan fingerprint density at radius 3 is 2.50 bits per heavy atom. The predicted octanol–water partition coefficient (Wildman–Crippen LogP) is 3.52. The molecular formula is C19H22N2O3. The number of ether oxygens (including phenoxy) is 2. The summed E-state index contributed by atoms with van der Waals surface area (Å²) in [5, 5.41) is 5.86. The zero-order valence-electron chi connectivity index (χ0n) is 14.0. The second-order valence-corrected chi connectivity index (χ2v) is 6.39. The Morgan fingerprint density at radius 1 is 1.17 bits per heavy atom. The number of urea groups is 1. The Labute approximate surface area is 142 Å². The number of nitrogens with one attached hydrogen (secondary N) is 2. The van der Waals surface area contributed by atoms with Gasteiger partial charge in [-0.3, -0.25) is 0 Å². The lowest BCUT2D eigenvalue weighted by Crippen LogP contribution is -2.49. The van der Waals surface area contributed by atoms with E-state index in [1.54, 1.807) is 7.11 Å². The van der Waals surface area contributed by atoms with Crippen molar-refractivity contribution in [3.8, 4) is 16.9 Å². The number of rotatable bonds is 5. The topological polar surface area (TPSA) is 59.6 Å². The maximum absolute atomic E-state index is 12.2. The highest BCUT2D eigenvalue weighted by atomic mass is 16.5. The zero-order chi connectivity index (χ0) is 17.0. The zero-order valence-corrected chi connectivity index (χ0v) is 14.0. The molecule has 1 aliphatic heterocycles. The summed E-state index contributed by atoms with van der Waals surface area (Å²) in [5.41, 5.74) is 2.81. The van der Waals surface area contributed by atoms with E-state index in [0.717, 1.165) is 22.6 Å². The minimum Gasteiger partial charge on any atom is -0.497 e. The SMILES string of the molecule is COc1ccc(-c2ccccc2NC(=O)NCC2(C)COC2)cc1. The molecule has 2 amide bonds. The molecule has 126 valence electrons. The fraction of sp³-hybridized carbons (Fsp3) is 0.316. The number of methoxy groups -OCH3 is 1. The first-order chi connectivity index (χ1) is 11.6. The van der Waals surface area contributed by atoms with Gasteiger partial charge in [0.1, 0.15) is 5.75 Å². The fourth-order valence-corrected chi connectivity index (χ4v) is 2.63. The first kappa shape index (κ1) is 16.3. The van der Waals surface area contributed by atoms with Gasteiger partial charge in [-0.15, -0.1) is 0 Å². The molecule has 0 radical (unpaired) electrons. The minimum atomic E-state index is -0.205. The van der Waals surface area contributed by atoms with Crippen LogP contribution in [0.15, 0.2) is 48.5 Å². The van der Waals surface area contributed by atoms with Crippen LogP contribution in [0, 0.1) is 5.41 Å². The number of benzene rings is 2. The molecule has 0 bridgehead atoms. The molecule has 2 aromatic rings. The first-order valence-corrected chi connectivity index (χ1v) is 7.96. The summed E-state index contributed by atoms with van der Waals surface area (Å²) < 4.78 is 10.4. The minimum absolute atomic E-state index is 0.0485. The third-order valence-corrected chi connectivity index (χ3v) is 4.15. The van der Waals surface area contributed by atoms with Gasteiger partial charge in [0.25, 0.3) is 0 Å². The predicted molar refractivity (Wildman–Crippen MR) is 94.4 cm³/mol. The van der Waals surface area contributed by atoms with Crippen molar-refractivity contribution in [2.45, 2.75) is 6.92 Å². The molecule has 24 heavy (non-hydrogen) atoms. The van der Waals surface area contributed by atoms with Crippen molar-refractivity contribution in [3.63, 3.8) is 0 Å². The van der Waals surface area contributed by atoms with Crippen LogP contribution in [0.5, 0.6) is 5.75 Å². The molecule has 1 aliphatic rings. The molecule has 3 rings (SSSR count). The van der Waals surface area contributed by atoms with Gasteiger partial charge in [-0.1, -0.05) is 37.3 Å². The number of carbonyl (C=O) groups is 1. The molecule has 2 aromatic carbocycles. The van der Waals surface area contributed by atoms with E-state index < -0.39 is 0 Å². The van der Waals surface area contributed by atoms with Crippen LogP contribution < -0.4 is 15.4 Å². The number of amides is 2. The summed E-state index contributed by atoms with van der Waals surface area (Å²) in [6.45, 7) is 4.08. The van der Waals surface area contributed by atoms with Gasteiger partial charge in [0.05, 0.1) is 26.0 Å². The lowest BCUT2D eigenvalue weighted by atomic mass is 9.89. The lowest BCUT2D eigenvalue weighted by Gasteiger charge is -2.37. The van der Waals surface area contributed by atoms with Crippen LogP contribution in [0.4, 0.5) is 10.5 Å². The molecule has 0 unspecified atom stereocenters. The Hall–Kier alpha value is -2.53. The standard InChI is InChI=1S/C19H22N2O3/c1-19(12-24-13-19)11-20-18(22)21-17-6-4-3-5-16(17)14-7-9-15(23-2)10-8-14/h3-10H,11-13H2,1-2H3,(H2,20,21,22). The van der Waals surface area contributed by atoms with Crippen molar-refractivity contribution >= 4 is 11.7 Å². The van der Waals surface area contributed by atoms with E-state index in [1.807, 2.05) is 48.5 Å².